The van der Waals surface area contributed by atoms with Crippen molar-refractivity contribution in [2.75, 3.05) is 25.7 Å². The number of hydrogen-bond donors (Lipinski definition) is 0. The number of rotatable bonds is 6. The van der Waals surface area contributed by atoms with Gasteiger partial charge in [-0.25, -0.2) is 0 Å². The van der Waals surface area contributed by atoms with E-state index in [1.54, 1.807) is 12.0 Å². The second-order valence-electron chi connectivity index (χ2n) is 6.71. The lowest BCUT2D eigenvalue weighted by molar-refractivity contribution is -0.141. The molecule has 1 saturated carbocycles. The largest absolute Gasteiger partial charge is 0.493 e. The first-order chi connectivity index (χ1) is 12.1. The molecule has 2 fully saturated rings. The van der Waals surface area contributed by atoms with Crippen molar-refractivity contribution in [3.8, 4) is 11.5 Å². The zero-order valence-electron chi connectivity index (χ0n) is 14.8. The fourth-order valence-corrected chi connectivity index (χ4v) is 3.60. The number of amides is 1. The monoisotopic (exact) mass is 347 g/mol. The van der Waals surface area contributed by atoms with E-state index in [1.807, 2.05) is 18.2 Å². The van der Waals surface area contributed by atoms with Crippen LogP contribution in [0.5, 0.6) is 11.5 Å². The molecular formula is C19H25NO5. The van der Waals surface area contributed by atoms with Crippen molar-refractivity contribution in [2.24, 2.45) is 5.92 Å². The lowest BCUT2D eigenvalue weighted by Crippen LogP contribution is -2.25. The molecule has 1 aliphatic heterocycles. The molecule has 2 aliphatic rings. The molecule has 1 aromatic rings. The van der Waals surface area contributed by atoms with Crippen LogP contribution in [-0.2, 0) is 14.3 Å². The molecule has 3 rings (SSSR count). The van der Waals surface area contributed by atoms with E-state index < -0.39 is 0 Å². The summed E-state index contributed by atoms with van der Waals surface area (Å²) in [6, 6.07) is 5.56. The number of ether oxygens (including phenoxy) is 3. The molecule has 1 amide bonds. The normalized spacial score (nSPS) is 20.8. The smallest absolute Gasteiger partial charge is 0.305 e. The maximum absolute atomic E-state index is 12.4. The third kappa shape index (κ3) is 4.06. The Morgan fingerprint density at radius 3 is 2.64 bits per heavy atom. The fourth-order valence-electron chi connectivity index (χ4n) is 3.60. The molecular weight excluding hydrogens is 322 g/mol. The predicted molar refractivity (Wildman–Crippen MR) is 93.0 cm³/mol. The lowest BCUT2D eigenvalue weighted by Gasteiger charge is -2.21. The first-order valence-corrected chi connectivity index (χ1v) is 8.82. The van der Waals surface area contributed by atoms with Gasteiger partial charge in [0, 0.05) is 24.7 Å². The molecule has 1 saturated heterocycles. The average molecular weight is 347 g/mol. The van der Waals surface area contributed by atoms with Gasteiger partial charge in [-0.15, -0.1) is 0 Å². The molecule has 1 heterocycles. The van der Waals surface area contributed by atoms with Gasteiger partial charge >= 0.3 is 5.97 Å². The molecule has 0 N–H and O–H groups in total. The Balaban J connectivity index is 1.75. The molecule has 0 bridgehead atoms. The minimum atomic E-state index is -0.278. The number of methoxy groups -OCH3 is 2. The van der Waals surface area contributed by atoms with Crippen LogP contribution in [0.2, 0.25) is 0 Å². The van der Waals surface area contributed by atoms with E-state index in [1.165, 1.54) is 20.0 Å². The van der Waals surface area contributed by atoms with Gasteiger partial charge in [-0.1, -0.05) is 0 Å². The van der Waals surface area contributed by atoms with Gasteiger partial charge < -0.3 is 19.1 Å². The Labute approximate surface area is 148 Å². The fraction of sp³-hybridized carbons (Fsp3) is 0.579. The van der Waals surface area contributed by atoms with Crippen molar-refractivity contribution in [1.29, 1.82) is 0 Å². The number of hydrogen-bond acceptors (Lipinski definition) is 5. The minimum absolute atomic E-state index is 0.0127. The average Bonchev–Trinajstić information content (AvgIpc) is 3.24. The second-order valence-corrected chi connectivity index (χ2v) is 6.71. The molecule has 0 unspecified atom stereocenters. The van der Waals surface area contributed by atoms with Crippen LogP contribution in [0.4, 0.5) is 5.69 Å². The van der Waals surface area contributed by atoms with Gasteiger partial charge in [0.15, 0.2) is 11.5 Å². The Morgan fingerprint density at radius 2 is 1.96 bits per heavy atom. The quantitative estimate of drug-likeness (QED) is 0.740. The van der Waals surface area contributed by atoms with Gasteiger partial charge in [0.2, 0.25) is 5.91 Å². The van der Waals surface area contributed by atoms with Crippen molar-refractivity contribution in [2.45, 2.75) is 44.6 Å². The highest BCUT2D eigenvalue weighted by Crippen LogP contribution is 2.37. The van der Waals surface area contributed by atoms with E-state index in [9.17, 15) is 9.59 Å². The zero-order valence-corrected chi connectivity index (χ0v) is 14.8. The molecule has 6 nitrogen and oxygen atoms in total. The van der Waals surface area contributed by atoms with Crippen LogP contribution in [0, 0.1) is 5.92 Å². The summed E-state index contributed by atoms with van der Waals surface area (Å²) >= 11 is 0. The minimum Gasteiger partial charge on any atom is -0.493 e. The van der Waals surface area contributed by atoms with E-state index in [0.29, 0.717) is 24.5 Å². The Bertz CT molecular complexity index is 639. The third-order valence-corrected chi connectivity index (χ3v) is 4.94. The molecule has 0 spiro atoms. The Kier molecular flexibility index (Phi) is 5.46. The molecule has 1 atom stereocenters. The van der Waals surface area contributed by atoms with E-state index >= 15 is 0 Å². The summed E-state index contributed by atoms with van der Waals surface area (Å²) in [5.41, 5.74) is 0.783. The van der Waals surface area contributed by atoms with Crippen molar-refractivity contribution < 1.29 is 23.8 Å². The summed E-state index contributed by atoms with van der Waals surface area (Å²) < 4.78 is 16.2. The van der Waals surface area contributed by atoms with Crippen LogP contribution in [-0.4, -0.2) is 38.7 Å². The van der Waals surface area contributed by atoms with Crippen LogP contribution in [0.1, 0.15) is 38.5 Å². The van der Waals surface area contributed by atoms with Gasteiger partial charge in [0.05, 0.1) is 26.7 Å². The number of anilines is 1. The SMILES string of the molecule is COC(=O)C[C@@H]1CC(=O)N(c2ccc(OC)c(OC3CCCC3)c2)C1. The third-order valence-electron chi connectivity index (χ3n) is 4.94. The summed E-state index contributed by atoms with van der Waals surface area (Å²) in [6.07, 6.45) is 5.32. The maximum atomic E-state index is 12.4. The number of carbonyl (C=O) groups excluding carboxylic acids is 2. The first-order valence-electron chi connectivity index (χ1n) is 8.82. The number of nitrogens with zero attached hydrogens (tertiary/aromatic N) is 1. The van der Waals surface area contributed by atoms with Gasteiger partial charge in [-0.05, 0) is 43.7 Å². The zero-order chi connectivity index (χ0) is 17.8. The van der Waals surface area contributed by atoms with Crippen LogP contribution in [0.3, 0.4) is 0 Å². The van der Waals surface area contributed by atoms with Gasteiger partial charge in [0.25, 0.3) is 0 Å². The van der Waals surface area contributed by atoms with Crippen LogP contribution < -0.4 is 14.4 Å². The molecule has 25 heavy (non-hydrogen) atoms. The summed E-state index contributed by atoms with van der Waals surface area (Å²) in [6.45, 7) is 0.517. The van der Waals surface area contributed by atoms with Crippen molar-refractivity contribution in [1.82, 2.24) is 0 Å². The summed E-state index contributed by atoms with van der Waals surface area (Å²) in [7, 11) is 2.98. The van der Waals surface area contributed by atoms with Crippen LogP contribution in [0.25, 0.3) is 0 Å². The molecule has 6 heteroatoms. The Hall–Kier alpha value is -2.24. The van der Waals surface area contributed by atoms with Crippen molar-refractivity contribution in [3.63, 3.8) is 0 Å². The molecule has 0 aromatic heterocycles. The van der Waals surface area contributed by atoms with E-state index in [-0.39, 0.29) is 30.3 Å². The van der Waals surface area contributed by atoms with Gasteiger partial charge in [-0.2, -0.15) is 0 Å². The highest BCUT2D eigenvalue weighted by atomic mass is 16.5. The number of carbonyl (C=O) groups is 2. The molecule has 1 aromatic carbocycles. The number of benzene rings is 1. The summed E-state index contributed by atoms with van der Waals surface area (Å²) in [5, 5.41) is 0. The predicted octanol–water partition coefficient (Wildman–Crippen LogP) is 2.93. The van der Waals surface area contributed by atoms with E-state index in [2.05, 4.69) is 0 Å². The van der Waals surface area contributed by atoms with Crippen LogP contribution >= 0.6 is 0 Å². The molecule has 0 radical (unpaired) electrons. The first kappa shape index (κ1) is 17.6. The second kappa shape index (κ2) is 7.76. The topological polar surface area (TPSA) is 65.1 Å². The highest BCUT2D eigenvalue weighted by molar-refractivity contribution is 5.96. The highest BCUT2D eigenvalue weighted by Gasteiger charge is 2.32. The standard InChI is InChI=1S/C19H25NO5/c1-23-16-8-7-14(11-17(16)25-15-5-3-4-6-15)20-12-13(9-18(20)21)10-19(22)24-2/h7-8,11,13,15H,3-6,9-10,12H2,1-2H3/t13-/m0/s1. The van der Waals surface area contributed by atoms with E-state index in [4.69, 9.17) is 14.2 Å². The molecule has 1 aliphatic carbocycles. The number of esters is 1. The van der Waals surface area contributed by atoms with Gasteiger partial charge in [0.1, 0.15) is 0 Å². The van der Waals surface area contributed by atoms with Crippen molar-refractivity contribution in [3.05, 3.63) is 18.2 Å². The summed E-state index contributed by atoms with van der Waals surface area (Å²) in [4.78, 5) is 25.5. The van der Waals surface area contributed by atoms with Gasteiger partial charge in [-0.3, -0.25) is 9.59 Å². The van der Waals surface area contributed by atoms with Crippen molar-refractivity contribution >= 4 is 17.6 Å². The molecule has 136 valence electrons. The maximum Gasteiger partial charge on any atom is 0.305 e. The van der Waals surface area contributed by atoms with Crippen LogP contribution in [0.15, 0.2) is 18.2 Å². The lowest BCUT2D eigenvalue weighted by atomic mass is 10.1. The summed E-state index contributed by atoms with van der Waals surface area (Å²) in [5.74, 6) is 1.08. The van der Waals surface area contributed by atoms with E-state index in [0.717, 1.165) is 18.5 Å². The Morgan fingerprint density at radius 1 is 1.20 bits per heavy atom.